The number of carbonyl (C=O) groups is 2. The maximum Gasteiger partial charge on any atom is 0.319 e. The summed E-state index contributed by atoms with van der Waals surface area (Å²) in [4.78, 5) is 21.8. The molecule has 4 heteroatoms. The molecule has 4 nitrogen and oxygen atoms in total. The first-order valence-electron chi connectivity index (χ1n) is 4.40. The molecule has 1 fully saturated rings. The maximum absolute atomic E-state index is 11.0. The van der Waals surface area contributed by atoms with Crippen LogP contribution in [-0.2, 0) is 14.3 Å². The second-order valence-corrected chi connectivity index (χ2v) is 3.43. The van der Waals surface area contributed by atoms with Crippen LogP contribution in [0, 0.1) is 5.41 Å². The van der Waals surface area contributed by atoms with Crippen LogP contribution in [-0.4, -0.2) is 30.6 Å². The quantitative estimate of drug-likeness (QED) is 0.524. The molecule has 0 aromatic carbocycles. The summed E-state index contributed by atoms with van der Waals surface area (Å²) >= 11 is 0. The van der Waals surface area contributed by atoms with Gasteiger partial charge in [-0.2, -0.15) is 0 Å². The van der Waals surface area contributed by atoms with Crippen molar-refractivity contribution in [1.82, 2.24) is 0 Å². The molecule has 1 N–H and O–H groups in total. The summed E-state index contributed by atoms with van der Waals surface area (Å²) in [6, 6.07) is 0. The second kappa shape index (κ2) is 3.87. The molecular formula is C9H14O4. The number of methoxy groups -OCH3 is 1. The van der Waals surface area contributed by atoms with Gasteiger partial charge in [-0.05, 0) is 12.8 Å². The molecular weight excluding hydrogens is 172 g/mol. The number of rotatable bonds is 3. The number of carboxylic acid groups (broad SMARTS) is 1. The molecule has 0 bridgehead atoms. The van der Waals surface area contributed by atoms with E-state index >= 15 is 0 Å². The highest BCUT2D eigenvalue weighted by molar-refractivity contribution is 5.92. The Balaban J connectivity index is 2.91. The first-order valence-corrected chi connectivity index (χ1v) is 4.40. The van der Waals surface area contributed by atoms with Crippen LogP contribution in [0.3, 0.4) is 0 Å². The first-order chi connectivity index (χ1) is 6.17. The average Bonchev–Trinajstić information content (AvgIpc) is 2.17. The van der Waals surface area contributed by atoms with E-state index in [-0.39, 0.29) is 0 Å². The molecule has 2 atom stereocenters. The molecule has 0 aliphatic heterocycles. The van der Waals surface area contributed by atoms with Crippen molar-refractivity contribution < 1.29 is 19.4 Å². The zero-order chi connectivity index (χ0) is 9.90. The molecule has 74 valence electrons. The third-order valence-electron chi connectivity index (χ3n) is 2.77. The fraction of sp³-hybridized carbons (Fsp3) is 0.778. The standard InChI is InChI=1S/C9H14O4/c1-13-7-4-2-3-5-9(7,6-10)8(11)12/h6-7H,2-5H2,1H3,(H,11,12). The van der Waals surface area contributed by atoms with E-state index in [1.807, 2.05) is 0 Å². The lowest BCUT2D eigenvalue weighted by Gasteiger charge is -2.35. The Bertz CT molecular complexity index is 214. The molecule has 0 aromatic rings. The SMILES string of the molecule is COC1CCCCC1(C=O)C(=O)O. The van der Waals surface area contributed by atoms with Crippen molar-refractivity contribution in [3.05, 3.63) is 0 Å². The van der Waals surface area contributed by atoms with Crippen LogP contribution in [0.2, 0.25) is 0 Å². The van der Waals surface area contributed by atoms with Gasteiger partial charge < -0.3 is 14.6 Å². The zero-order valence-electron chi connectivity index (χ0n) is 7.66. The molecule has 0 spiro atoms. The summed E-state index contributed by atoms with van der Waals surface area (Å²) in [5, 5.41) is 8.98. The highest BCUT2D eigenvalue weighted by atomic mass is 16.5. The van der Waals surface area contributed by atoms with Gasteiger partial charge >= 0.3 is 5.97 Å². The highest BCUT2D eigenvalue weighted by Crippen LogP contribution is 2.36. The van der Waals surface area contributed by atoms with E-state index in [9.17, 15) is 9.59 Å². The topological polar surface area (TPSA) is 63.6 Å². The van der Waals surface area contributed by atoms with Gasteiger partial charge in [-0.25, -0.2) is 0 Å². The van der Waals surface area contributed by atoms with Crippen LogP contribution in [0.5, 0.6) is 0 Å². The Labute approximate surface area is 76.9 Å². The van der Waals surface area contributed by atoms with Gasteiger partial charge in [-0.3, -0.25) is 4.79 Å². The van der Waals surface area contributed by atoms with Crippen LogP contribution < -0.4 is 0 Å². The van der Waals surface area contributed by atoms with Gasteiger partial charge in [0.2, 0.25) is 0 Å². The molecule has 2 unspecified atom stereocenters. The zero-order valence-corrected chi connectivity index (χ0v) is 7.66. The lowest BCUT2D eigenvalue weighted by Crippen LogP contribution is -2.47. The van der Waals surface area contributed by atoms with Gasteiger partial charge in [0.25, 0.3) is 0 Å². The van der Waals surface area contributed by atoms with E-state index in [4.69, 9.17) is 9.84 Å². The number of aliphatic carboxylic acids is 1. The Kier molecular flexibility index (Phi) is 3.03. The molecule has 0 radical (unpaired) electrons. The number of ether oxygens (including phenoxy) is 1. The summed E-state index contributed by atoms with van der Waals surface area (Å²) in [6.45, 7) is 0. The van der Waals surface area contributed by atoms with Gasteiger partial charge in [0.05, 0.1) is 6.10 Å². The molecule has 1 aliphatic carbocycles. The van der Waals surface area contributed by atoms with Gasteiger partial charge in [-0.15, -0.1) is 0 Å². The van der Waals surface area contributed by atoms with E-state index in [0.29, 0.717) is 19.1 Å². The summed E-state index contributed by atoms with van der Waals surface area (Å²) in [6.07, 6.45) is 2.83. The number of hydrogen-bond donors (Lipinski definition) is 1. The lowest BCUT2D eigenvalue weighted by molar-refractivity contribution is -0.164. The fourth-order valence-corrected chi connectivity index (χ4v) is 1.92. The fourth-order valence-electron chi connectivity index (χ4n) is 1.92. The van der Waals surface area contributed by atoms with Gasteiger partial charge in [0.15, 0.2) is 0 Å². The average molecular weight is 186 g/mol. The minimum Gasteiger partial charge on any atom is -0.480 e. The minimum atomic E-state index is -1.30. The Morgan fingerprint density at radius 2 is 2.31 bits per heavy atom. The predicted octanol–water partition coefficient (Wildman–Crippen LogP) is 0.845. The Hall–Kier alpha value is -0.900. The second-order valence-electron chi connectivity index (χ2n) is 3.43. The van der Waals surface area contributed by atoms with E-state index in [1.165, 1.54) is 7.11 Å². The molecule has 0 heterocycles. The molecule has 1 rings (SSSR count). The third-order valence-corrected chi connectivity index (χ3v) is 2.77. The van der Waals surface area contributed by atoms with Crippen molar-refractivity contribution in [2.24, 2.45) is 5.41 Å². The smallest absolute Gasteiger partial charge is 0.319 e. The number of aldehydes is 1. The summed E-state index contributed by atoms with van der Waals surface area (Å²) < 4.78 is 5.05. The van der Waals surface area contributed by atoms with Crippen molar-refractivity contribution in [3.63, 3.8) is 0 Å². The predicted molar refractivity (Wildman–Crippen MR) is 45.4 cm³/mol. The van der Waals surface area contributed by atoms with Crippen LogP contribution >= 0.6 is 0 Å². The molecule has 0 aromatic heterocycles. The van der Waals surface area contributed by atoms with E-state index < -0.39 is 17.5 Å². The lowest BCUT2D eigenvalue weighted by atomic mass is 9.73. The normalized spacial score (nSPS) is 34.1. The number of carboxylic acids is 1. The van der Waals surface area contributed by atoms with Gasteiger partial charge in [-0.1, -0.05) is 12.8 Å². The molecule has 1 aliphatic rings. The van der Waals surface area contributed by atoms with Crippen molar-refractivity contribution in [3.8, 4) is 0 Å². The molecule has 13 heavy (non-hydrogen) atoms. The van der Waals surface area contributed by atoms with Crippen molar-refractivity contribution in [2.45, 2.75) is 31.8 Å². The van der Waals surface area contributed by atoms with Crippen LogP contribution in [0.4, 0.5) is 0 Å². The van der Waals surface area contributed by atoms with Gasteiger partial charge in [0.1, 0.15) is 11.7 Å². The van der Waals surface area contributed by atoms with Crippen molar-refractivity contribution in [2.75, 3.05) is 7.11 Å². The monoisotopic (exact) mass is 186 g/mol. The summed E-state index contributed by atoms with van der Waals surface area (Å²) in [7, 11) is 1.46. The molecule has 1 saturated carbocycles. The van der Waals surface area contributed by atoms with Gasteiger partial charge in [0, 0.05) is 7.11 Å². The number of hydrogen-bond acceptors (Lipinski definition) is 3. The van der Waals surface area contributed by atoms with Crippen molar-refractivity contribution in [1.29, 1.82) is 0 Å². The largest absolute Gasteiger partial charge is 0.480 e. The highest BCUT2D eigenvalue weighted by Gasteiger charge is 2.47. The van der Waals surface area contributed by atoms with Crippen molar-refractivity contribution >= 4 is 12.3 Å². The maximum atomic E-state index is 11.0. The van der Waals surface area contributed by atoms with E-state index in [0.717, 1.165) is 12.8 Å². The minimum absolute atomic E-state index is 0.393. The Morgan fingerprint density at radius 1 is 1.62 bits per heavy atom. The Morgan fingerprint density at radius 3 is 2.69 bits per heavy atom. The van der Waals surface area contributed by atoms with Crippen LogP contribution in [0.15, 0.2) is 0 Å². The summed E-state index contributed by atoms with van der Waals surface area (Å²) in [5.74, 6) is -1.06. The first kappa shape index (κ1) is 10.2. The van der Waals surface area contributed by atoms with Crippen LogP contribution in [0.25, 0.3) is 0 Å². The third kappa shape index (κ3) is 1.58. The van der Waals surface area contributed by atoms with E-state index in [2.05, 4.69) is 0 Å². The van der Waals surface area contributed by atoms with E-state index in [1.54, 1.807) is 0 Å². The summed E-state index contributed by atoms with van der Waals surface area (Å²) in [5.41, 5.74) is -1.30. The molecule has 0 amide bonds. The van der Waals surface area contributed by atoms with Crippen LogP contribution in [0.1, 0.15) is 25.7 Å². The molecule has 0 saturated heterocycles. The number of carbonyl (C=O) groups excluding carboxylic acids is 1.